The summed E-state index contributed by atoms with van der Waals surface area (Å²) in [6.45, 7) is 0.140. The van der Waals surface area contributed by atoms with E-state index in [4.69, 9.17) is 5.11 Å². The van der Waals surface area contributed by atoms with Crippen molar-refractivity contribution in [3.63, 3.8) is 0 Å². The summed E-state index contributed by atoms with van der Waals surface area (Å²) >= 11 is 0. The molecule has 0 bridgehead atoms. The van der Waals surface area contributed by atoms with Gasteiger partial charge in [-0.05, 0) is 0 Å². The van der Waals surface area contributed by atoms with Gasteiger partial charge in [0.1, 0.15) is 30.9 Å². The van der Waals surface area contributed by atoms with Crippen molar-refractivity contribution in [3.05, 3.63) is 0 Å². The third-order valence-corrected chi connectivity index (χ3v) is 2.88. The molecule has 1 aliphatic heterocycles. The van der Waals surface area contributed by atoms with Crippen molar-refractivity contribution in [2.45, 2.75) is 24.4 Å². The lowest BCUT2D eigenvalue weighted by molar-refractivity contribution is -0.929. The highest BCUT2D eigenvalue weighted by molar-refractivity contribution is 4.86. The molecule has 4 atom stereocenters. The van der Waals surface area contributed by atoms with Gasteiger partial charge in [-0.15, -0.1) is 0 Å². The van der Waals surface area contributed by atoms with Crippen molar-refractivity contribution in [1.82, 2.24) is 0 Å². The average molecular weight is 192 g/mol. The molecule has 1 saturated heterocycles. The van der Waals surface area contributed by atoms with Crippen molar-refractivity contribution in [2.24, 2.45) is 0 Å². The maximum atomic E-state index is 9.56. The standard InChI is InChI=1S/C8H18NO4/c1-9(2)3-6(11)8(13)7(12)5(9)4-10/h5-8,10-13H,3-4H2,1-2H3/q+1/t5-,6+,7-,8-/m1/s1. The zero-order valence-corrected chi connectivity index (χ0v) is 7.96. The molecule has 0 saturated carbocycles. The summed E-state index contributed by atoms with van der Waals surface area (Å²) in [6.07, 6.45) is -3.14. The van der Waals surface area contributed by atoms with Crippen LogP contribution >= 0.6 is 0 Å². The predicted octanol–water partition coefficient (Wildman–Crippen LogP) is -2.48. The summed E-state index contributed by atoms with van der Waals surface area (Å²) in [4.78, 5) is 0. The molecule has 4 N–H and O–H groups in total. The van der Waals surface area contributed by atoms with Crippen molar-refractivity contribution in [3.8, 4) is 0 Å². The molecule has 0 aromatic heterocycles. The summed E-state index contributed by atoms with van der Waals surface area (Å²) < 4.78 is 0.315. The van der Waals surface area contributed by atoms with Gasteiger partial charge in [-0.1, -0.05) is 0 Å². The first-order chi connectivity index (χ1) is 5.90. The van der Waals surface area contributed by atoms with Gasteiger partial charge in [0, 0.05) is 0 Å². The van der Waals surface area contributed by atoms with Gasteiger partial charge >= 0.3 is 0 Å². The normalized spacial score (nSPS) is 44.8. The monoisotopic (exact) mass is 192 g/mol. The molecule has 0 radical (unpaired) electrons. The van der Waals surface area contributed by atoms with Crippen LogP contribution in [0.2, 0.25) is 0 Å². The van der Waals surface area contributed by atoms with E-state index in [1.807, 2.05) is 0 Å². The number of hydrogen-bond acceptors (Lipinski definition) is 4. The van der Waals surface area contributed by atoms with Gasteiger partial charge in [0.25, 0.3) is 0 Å². The van der Waals surface area contributed by atoms with E-state index in [0.717, 1.165) is 0 Å². The van der Waals surface area contributed by atoms with Crippen LogP contribution in [0.25, 0.3) is 0 Å². The van der Waals surface area contributed by atoms with Crippen LogP contribution in [0.15, 0.2) is 0 Å². The SMILES string of the molecule is C[N+]1(C)C[C@H](O)[C@@H](O)[C@H](O)[C@H]1CO. The Hall–Kier alpha value is -0.200. The Kier molecular flexibility index (Phi) is 2.94. The van der Waals surface area contributed by atoms with Gasteiger partial charge in [0.05, 0.1) is 20.7 Å². The van der Waals surface area contributed by atoms with Crippen molar-refractivity contribution >= 4 is 0 Å². The highest BCUT2D eigenvalue weighted by Crippen LogP contribution is 2.22. The molecule has 0 unspecified atom stereocenters. The minimum absolute atomic E-state index is 0.196. The fraction of sp³-hybridized carbons (Fsp3) is 1.00. The van der Waals surface area contributed by atoms with Crippen LogP contribution in [-0.2, 0) is 0 Å². The smallest absolute Gasteiger partial charge is 0.141 e. The first-order valence-corrected chi connectivity index (χ1v) is 4.38. The Labute approximate surface area is 77.4 Å². The Bertz CT molecular complexity index is 185. The molecule has 1 aliphatic rings. The summed E-state index contributed by atoms with van der Waals surface area (Å²) in [7, 11) is 3.61. The molecule has 78 valence electrons. The van der Waals surface area contributed by atoms with Crippen LogP contribution in [0.3, 0.4) is 0 Å². The molecule has 0 spiro atoms. The topological polar surface area (TPSA) is 80.9 Å². The summed E-state index contributed by atoms with van der Waals surface area (Å²) in [6, 6.07) is -0.432. The van der Waals surface area contributed by atoms with Gasteiger partial charge in [-0.2, -0.15) is 0 Å². The van der Waals surface area contributed by atoms with Gasteiger partial charge in [-0.25, -0.2) is 0 Å². The van der Waals surface area contributed by atoms with Crippen LogP contribution in [0, 0.1) is 0 Å². The number of likely N-dealkylation sites (tertiary alicyclic amines) is 1. The minimum Gasteiger partial charge on any atom is -0.390 e. The average Bonchev–Trinajstić information content (AvgIpc) is 2.00. The summed E-state index contributed by atoms with van der Waals surface area (Å²) in [5.74, 6) is 0. The molecule has 0 aromatic rings. The third kappa shape index (κ3) is 1.84. The largest absolute Gasteiger partial charge is 0.390 e. The molecular weight excluding hydrogens is 174 g/mol. The van der Waals surface area contributed by atoms with E-state index >= 15 is 0 Å². The maximum Gasteiger partial charge on any atom is 0.141 e. The van der Waals surface area contributed by atoms with E-state index in [2.05, 4.69) is 0 Å². The zero-order valence-electron chi connectivity index (χ0n) is 7.96. The molecule has 5 heteroatoms. The summed E-state index contributed by atoms with van der Waals surface area (Å²) in [5, 5.41) is 37.3. The van der Waals surface area contributed by atoms with Crippen molar-refractivity contribution in [1.29, 1.82) is 0 Å². The second-order valence-electron chi connectivity index (χ2n) is 4.26. The van der Waals surface area contributed by atoms with Crippen LogP contribution in [0.1, 0.15) is 0 Å². The summed E-state index contributed by atoms with van der Waals surface area (Å²) in [5.41, 5.74) is 0. The van der Waals surface area contributed by atoms with Gasteiger partial charge in [0.15, 0.2) is 0 Å². The van der Waals surface area contributed by atoms with E-state index < -0.39 is 24.4 Å². The van der Waals surface area contributed by atoms with E-state index in [9.17, 15) is 15.3 Å². The lowest BCUT2D eigenvalue weighted by atomic mass is 9.93. The van der Waals surface area contributed by atoms with E-state index in [1.165, 1.54) is 0 Å². The third-order valence-electron chi connectivity index (χ3n) is 2.88. The molecule has 0 amide bonds. The minimum atomic E-state index is -1.15. The van der Waals surface area contributed by atoms with E-state index in [-0.39, 0.29) is 6.61 Å². The van der Waals surface area contributed by atoms with Crippen LogP contribution in [0.5, 0.6) is 0 Å². The van der Waals surface area contributed by atoms with Crippen LogP contribution in [-0.4, -0.2) is 76.5 Å². The van der Waals surface area contributed by atoms with Crippen LogP contribution < -0.4 is 0 Å². The number of rotatable bonds is 1. The number of hydrogen-bond donors (Lipinski definition) is 4. The van der Waals surface area contributed by atoms with E-state index in [1.54, 1.807) is 14.1 Å². The fourth-order valence-electron chi connectivity index (χ4n) is 1.92. The molecular formula is C8H18NO4+. The van der Waals surface area contributed by atoms with Gasteiger partial charge in [0.2, 0.25) is 0 Å². The fourth-order valence-corrected chi connectivity index (χ4v) is 1.92. The Morgan fingerprint density at radius 1 is 1.15 bits per heavy atom. The number of aliphatic hydroxyl groups is 4. The Balaban J connectivity index is 2.82. The number of quaternary nitrogens is 1. The molecule has 0 aliphatic carbocycles. The molecule has 5 nitrogen and oxygen atoms in total. The second kappa shape index (κ2) is 3.51. The van der Waals surface area contributed by atoms with Gasteiger partial charge < -0.3 is 24.9 Å². The molecule has 1 rings (SSSR count). The maximum absolute atomic E-state index is 9.56. The number of piperidine rings is 1. The number of likely N-dealkylation sites (N-methyl/N-ethyl adjacent to an activating group) is 1. The number of nitrogens with zero attached hydrogens (tertiary/aromatic N) is 1. The highest BCUT2D eigenvalue weighted by Gasteiger charge is 2.47. The highest BCUT2D eigenvalue weighted by atomic mass is 16.4. The van der Waals surface area contributed by atoms with E-state index in [0.29, 0.717) is 11.0 Å². The molecule has 13 heavy (non-hydrogen) atoms. The van der Waals surface area contributed by atoms with Gasteiger partial charge in [-0.3, -0.25) is 0 Å². The molecule has 1 fully saturated rings. The first-order valence-electron chi connectivity index (χ1n) is 4.38. The van der Waals surface area contributed by atoms with Crippen molar-refractivity contribution < 1.29 is 24.9 Å². The Morgan fingerprint density at radius 3 is 2.15 bits per heavy atom. The van der Waals surface area contributed by atoms with Crippen molar-refractivity contribution in [2.75, 3.05) is 27.2 Å². The molecule has 1 heterocycles. The zero-order chi connectivity index (χ0) is 10.2. The van der Waals surface area contributed by atoms with Crippen LogP contribution in [0.4, 0.5) is 0 Å². The lowest BCUT2D eigenvalue weighted by Crippen LogP contribution is -2.69. The quantitative estimate of drug-likeness (QED) is 0.347. The predicted molar refractivity (Wildman–Crippen MR) is 45.9 cm³/mol. The first kappa shape index (κ1) is 10.9. The second-order valence-corrected chi connectivity index (χ2v) is 4.26. The molecule has 0 aromatic carbocycles. The Morgan fingerprint density at radius 2 is 1.69 bits per heavy atom. The lowest BCUT2D eigenvalue weighted by Gasteiger charge is -2.47. The number of aliphatic hydroxyl groups excluding tert-OH is 4.